The normalized spacial score (nSPS) is 30.2. The Morgan fingerprint density at radius 3 is 2.31 bits per heavy atom. The molecule has 6 rings (SSSR count). The van der Waals surface area contributed by atoms with E-state index in [1.54, 1.807) is 7.11 Å². The molecule has 1 aromatic carbocycles. The fraction of sp³-hybridized carbons (Fsp3) is 0.697. The Balaban J connectivity index is 1.33. The number of fused-ring (bicyclic) bond motifs is 5. The highest BCUT2D eigenvalue weighted by atomic mass is 16.6. The first-order valence-electron chi connectivity index (χ1n) is 16.2. The van der Waals surface area contributed by atoms with Gasteiger partial charge in [0.2, 0.25) is 0 Å². The number of aromatic nitrogens is 2. The number of rotatable bonds is 10. The average molecular weight is 579 g/mol. The van der Waals surface area contributed by atoms with E-state index in [-0.39, 0.29) is 42.5 Å². The highest BCUT2D eigenvalue weighted by molar-refractivity contribution is 6.00. The van der Waals surface area contributed by atoms with Gasteiger partial charge in [-0.3, -0.25) is 14.5 Å². The van der Waals surface area contributed by atoms with Crippen molar-refractivity contribution in [2.24, 2.45) is 17.0 Å². The number of carboxylic acids is 1. The first-order chi connectivity index (χ1) is 20.5. The molecule has 0 amide bonds. The van der Waals surface area contributed by atoms with Gasteiger partial charge in [-0.1, -0.05) is 49.4 Å². The van der Waals surface area contributed by atoms with Crippen molar-refractivity contribution in [1.82, 2.24) is 14.5 Å². The number of para-hydroxylation sites is 2. The Kier molecular flexibility index (Phi) is 9.24. The number of carboxylic acid groups (broad SMARTS) is 1. The second-order valence-electron chi connectivity index (χ2n) is 13.1. The van der Waals surface area contributed by atoms with Gasteiger partial charge >= 0.3 is 5.97 Å². The van der Waals surface area contributed by atoms with Crippen molar-refractivity contribution in [3.63, 3.8) is 0 Å². The lowest BCUT2D eigenvalue weighted by molar-refractivity contribution is -0.136. The van der Waals surface area contributed by atoms with E-state index < -0.39 is 5.97 Å². The van der Waals surface area contributed by atoms with Crippen LogP contribution in [0.5, 0.6) is 0 Å². The molecule has 3 unspecified atom stereocenters. The van der Waals surface area contributed by atoms with E-state index in [4.69, 9.17) is 14.6 Å². The maximum Gasteiger partial charge on any atom is 0.303 e. The highest BCUT2D eigenvalue weighted by Crippen LogP contribution is 2.47. The number of hydrogen-bond acceptors (Lipinski definition) is 7. The summed E-state index contributed by atoms with van der Waals surface area (Å²) in [5, 5.41) is 13.6. The van der Waals surface area contributed by atoms with Gasteiger partial charge in [0.1, 0.15) is 12.3 Å². The number of nitrogens with zero attached hydrogens (tertiary/aromatic N) is 4. The molecule has 5 atom stereocenters. The minimum atomic E-state index is -0.955. The van der Waals surface area contributed by atoms with E-state index in [1.165, 1.54) is 64.2 Å². The SMILES string of the molecule is COCCON=C(CCC(=O)O)c1nc2ccccc2n(C2C[C@H]3CCC[C@@H](C2)N3C2CC3CCCCC(C3)C2)c1=O. The standard InChI is InChI=1S/C33H46N4O5/c1-41-15-16-42-35-29(13-14-31(38)39)32-33(40)37(30-12-5-4-11-28(30)34-32)27-20-24-9-6-10-25(21-27)36(24)26-18-22-7-2-3-8-23(17-22)19-26/h4-5,11-12,22-27H,2-3,6-10,13-21H2,1H3,(H,38,39)/t22?,23?,24-,25+,26?,27?. The van der Waals surface area contributed by atoms with E-state index in [9.17, 15) is 14.7 Å². The lowest BCUT2D eigenvalue weighted by Gasteiger charge is -2.54. The summed E-state index contributed by atoms with van der Waals surface area (Å²) >= 11 is 0. The van der Waals surface area contributed by atoms with E-state index >= 15 is 0 Å². The van der Waals surface area contributed by atoms with Crippen molar-refractivity contribution in [1.29, 1.82) is 0 Å². The third kappa shape index (κ3) is 6.27. The second-order valence-corrected chi connectivity index (χ2v) is 13.1. The summed E-state index contributed by atoms with van der Waals surface area (Å²) in [4.78, 5) is 38.8. The number of carbonyl (C=O) groups is 1. The Morgan fingerprint density at radius 1 is 0.905 bits per heavy atom. The van der Waals surface area contributed by atoms with Gasteiger partial charge in [0.05, 0.1) is 24.1 Å². The number of aliphatic carboxylic acids is 1. The smallest absolute Gasteiger partial charge is 0.303 e. The third-order valence-electron chi connectivity index (χ3n) is 10.3. The molecule has 0 radical (unpaired) electrons. The summed E-state index contributed by atoms with van der Waals surface area (Å²) < 4.78 is 7.01. The summed E-state index contributed by atoms with van der Waals surface area (Å²) in [6, 6.07) is 9.55. The van der Waals surface area contributed by atoms with Crippen molar-refractivity contribution in [3.05, 3.63) is 40.3 Å². The Bertz CT molecular complexity index is 1310. The second kappa shape index (κ2) is 13.2. The summed E-state index contributed by atoms with van der Waals surface area (Å²) in [5.41, 5.74) is 1.82. The molecule has 0 spiro atoms. The van der Waals surface area contributed by atoms with Crippen LogP contribution in [-0.4, -0.2) is 69.7 Å². The minimum absolute atomic E-state index is 0.0661. The number of methoxy groups -OCH3 is 1. The van der Waals surface area contributed by atoms with Gasteiger partial charge in [0, 0.05) is 37.7 Å². The van der Waals surface area contributed by atoms with Crippen LogP contribution >= 0.6 is 0 Å². The van der Waals surface area contributed by atoms with Crippen molar-refractivity contribution in [2.45, 2.75) is 114 Å². The summed E-state index contributed by atoms with van der Waals surface area (Å²) in [6.45, 7) is 0.550. The number of benzene rings is 1. The van der Waals surface area contributed by atoms with Crippen molar-refractivity contribution < 1.29 is 19.5 Å². The molecule has 2 aliphatic carbocycles. The number of piperidine rings is 2. The van der Waals surface area contributed by atoms with Gasteiger partial charge in [-0.15, -0.1) is 0 Å². The van der Waals surface area contributed by atoms with Crippen LogP contribution in [0.25, 0.3) is 11.0 Å². The molecule has 4 fully saturated rings. The fourth-order valence-corrected chi connectivity index (χ4v) is 8.69. The van der Waals surface area contributed by atoms with Gasteiger partial charge in [-0.2, -0.15) is 0 Å². The zero-order chi connectivity index (χ0) is 29.1. The molecule has 2 saturated carbocycles. The zero-order valence-corrected chi connectivity index (χ0v) is 25.0. The largest absolute Gasteiger partial charge is 0.481 e. The lowest BCUT2D eigenvalue weighted by atomic mass is 9.73. The van der Waals surface area contributed by atoms with Crippen LogP contribution in [0.2, 0.25) is 0 Å². The fourth-order valence-electron chi connectivity index (χ4n) is 8.69. The van der Waals surface area contributed by atoms with Gasteiger partial charge in [-0.05, 0) is 68.9 Å². The Hall–Kier alpha value is -2.78. The monoisotopic (exact) mass is 578 g/mol. The summed E-state index contributed by atoms with van der Waals surface area (Å²) in [7, 11) is 1.57. The molecule has 3 heterocycles. The maximum absolute atomic E-state index is 14.3. The molecule has 9 nitrogen and oxygen atoms in total. The van der Waals surface area contributed by atoms with Gasteiger partial charge in [0.15, 0.2) is 5.69 Å². The predicted molar refractivity (Wildman–Crippen MR) is 162 cm³/mol. The van der Waals surface area contributed by atoms with Crippen molar-refractivity contribution in [3.8, 4) is 0 Å². The first-order valence-corrected chi connectivity index (χ1v) is 16.2. The number of hydrogen-bond donors (Lipinski definition) is 1. The molecule has 4 bridgehead atoms. The molecule has 42 heavy (non-hydrogen) atoms. The highest BCUT2D eigenvalue weighted by Gasteiger charge is 2.45. The minimum Gasteiger partial charge on any atom is -0.481 e. The number of oxime groups is 1. The van der Waals surface area contributed by atoms with E-state index in [0.717, 1.165) is 35.7 Å². The van der Waals surface area contributed by atoms with Crippen LogP contribution in [0.3, 0.4) is 0 Å². The van der Waals surface area contributed by atoms with Crippen LogP contribution in [0.15, 0.2) is 34.2 Å². The third-order valence-corrected chi connectivity index (χ3v) is 10.3. The molecule has 4 aliphatic rings. The molecule has 2 aliphatic heterocycles. The van der Waals surface area contributed by atoms with Crippen LogP contribution in [0.4, 0.5) is 0 Å². The average Bonchev–Trinajstić information content (AvgIpc) is 3.15. The van der Waals surface area contributed by atoms with Crippen LogP contribution in [0, 0.1) is 11.8 Å². The van der Waals surface area contributed by atoms with Crippen LogP contribution < -0.4 is 5.56 Å². The van der Waals surface area contributed by atoms with Gasteiger partial charge in [-0.25, -0.2) is 4.98 Å². The maximum atomic E-state index is 14.3. The molecule has 9 heteroatoms. The van der Waals surface area contributed by atoms with E-state index in [1.807, 2.05) is 28.8 Å². The molecule has 1 aromatic heterocycles. The molecular formula is C33H46N4O5. The van der Waals surface area contributed by atoms with Gasteiger partial charge < -0.3 is 19.2 Å². The van der Waals surface area contributed by atoms with Crippen molar-refractivity contribution in [2.75, 3.05) is 20.3 Å². The van der Waals surface area contributed by atoms with Crippen LogP contribution in [-0.2, 0) is 14.4 Å². The van der Waals surface area contributed by atoms with Crippen LogP contribution in [0.1, 0.15) is 102 Å². The summed E-state index contributed by atoms with van der Waals surface area (Å²) in [5.74, 6) is 0.820. The van der Waals surface area contributed by atoms with Crippen molar-refractivity contribution >= 4 is 22.7 Å². The topological polar surface area (TPSA) is 106 Å². The lowest BCUT2D eigenvalue weighted by Crippen LogP contribution is -2.58. The molecule has 1 N–H and O–H groups in total. The van der Waals surface area contributed by atoms with E-state index in [2.05, 4.69) is 10.1 Å². The zero-order valence-electron chi connectivity index (χ0n) is 25.0. The number of ether oxygens (including phenoxy) is 1. The predicted octanol–water partition coefficient (Wildman–Crippen LogP) is 5.55. The molecule has 228 valence electrons. The molecule has 2 saturated heterocycles. The quantitative estimate of drug-likeness (QED) is 0.224. The van der Waals surface area contributed by atoms with E-state index in [0.29, 0.717) is 24.7 Å². The Morgan fingerprint density at radius 2 is 1.62 bits per heavy atom. The molecule has 2 aromatic rings. The van der Waals surface area contributed by atoms with Gasteiger partial charge in [0.25, 0.3) is 5.56 Å². The molecular weight excluding hydrogens is 532 g/mol. The first kappa shape index (κ1) is 29.3. The summed E-state index contributed by atoms with van der Waals surface area (Å²) in [6.07, 6.45) is 15.2. The Labute approximate surface area is 248 Å².